The van der Waals surface area contributed by atoms with E-state index in [1.165, 1.54) is 24.1 Å². The number of benzene rings is 1. The summed E-state index contributed by atoms with van der Waals surface area (Å²) in [5.74, 6) is 0.0845. The van der Waals surface area contributed by atoms with Crippen molar-refractivity contribution in [1.29, 1.82) is 0 Å². The highest BCUT2D eigenvalue weighted by molar-refractivity contribution is 5.96. The number of amides is 1. The van der Waals surface area contributed by atoms with Gasteiger partial charge in [0.2, 0.25) is 0 Å². The molecule has 0 saturated heterocycles. The van der Waals surface area contributed by atoms with E-state index >= 15 is 0 Å². The van der Waals surface area contributed by atoms with E-state index in [0.29, 0.717) is 5.75 Å². The molecule has 0 radical (unpaired) electrons. The molecule has 1 aromatic carbocycles. The Morgan fingerprint density at radius 3 is 2.60 bits per heavy atom. The average Bonchev–Trinajstić information content (AvgIpc) is 2.84. The molecule has 1 aliphatic rings. The van der Waals surface area contributed by atoms with E-state index in [2.05, 4.69) is 0 Å². The van der Waals surface area contributed by atoms with Crippen molar-refractivity contribution in [1.82, 2.24) is 4.90 Å². The van der Waals surface area contributed by atoms with Gasteiger partial charge in [-0.2, -0.15) is 0 Å². The number of aromatic hydroxyl groups is 1. The lowest BCUT2D eigenvalue weighted by atomic mass is 10.0. The Morgan fingerprint density at radius 2 is 2.05 bits per heavy atom. The fourth-order valence-electron chi connectivity index (χ4n) is 2.73. The SMILES string of the molecule is COc1ccc(C(=O)N(C)CC2(O)CCCC2)c(O)c1. The Kier molecular flexibility index (Phi) is 4.18. The van der Waals surface area contributed by atoms with Crippen LogP contribution < -0.4 is 4.74 Å². The van der Waals surface area contributed by atoms with Crippen LogP contribution in [-0.4, -0.2) is 47.3 Å². The lowest BCUT2D eigenvalue weighted by Gasteiger charge is -2.28. The van der Waals surface area contributed by atoms with E-state index in [-0.39, 0.29) is 23.8 Å². The third-order valence-electron chi connectivity index (χ3n) is 3.85. The van der Waals surface area contributed by atoms with Gasteiger partial charge in [0.05, 0.1) is 18.3 Å². The van der Waals surface area contributed by atoms with E-state index in [9.17, 15) is 15.0 Å². The summed E-state index contributed by atoms with van der Waals surface area (Å²) in [6.07, 6.45) is 3.43. The smallest absolute Gasteiger partial charge is 0.257 e. The van der Waals surface area contributed by atoms with Crippen LogP contribution in [0.3, 0.4) is 0 Å². The third kappa shape index (κ3) is 3.04. The highest BCUT2D eigenvalue weighted by Crippen LogP contribution is 2.31. The van der Waals surface area contributed by atoms with Crippen LogP contribution in [0.5, 0.6) is 11.5 Å². The number of nitrogens with zero attached hydrogens (tertiary/aromatic N) is 1. The van der Waals surface area contributed by atoms with Gasteiger partial charge in [0.1, 0.15) is 11.5 Å². The molecule has 0 spiro atoms. The van der Waals surface area contributed by atoms with Crippen molar-refractivity contribution >= 4 is 5.91 Å². The summed E-state index contributed by atoms with van der Waals surface area (Å²) in [6, 6.07) is 4.57. The first-order chi connectivity index (χ1) is 9.45. The molecule has 1 saturated carbocycles. The first-order valence-corrected chi connectivity index (χ1v) is 6.80. The number of ether oxygens (including phenoxy) is 1. The molecule has 0 atom stereocenters. The van der Waals surface area contributed by atoms with Crippen LogP contribution in [-0.2, 0) is 0 Å². The number of methoxy groups -OCH3 is 1. The molecular weight excluding hydrogens is 258 g/mol. The summed E-state index contributed by atoms with van der Waals surface area (Å²) in [5.41, 5.74) is -0.568. The van der Waals surface area contributed by atoms with Gasteiger partial charge in [-0.25, -0.2) is 0 Å². The summed E-state index contributed by atoms with van der Waals surface area (Å²) < 4.78 is 4.99. The zero-order valence-electron chi connectivity index (χ0n) is 11.9. The second kappa shape index (κ2) is 5.71. The molecule has 110 valence electrons. The standard InChI is InChI=1S/C15H21NO4/c1-16(10-15(19)7-3-4-8-15)14(18)12-6-5-11(20-2)9-13(12)17/h5-6,9,17,19H,3-4,7-8,10H2,1-2H3. The lowest BCUT2D eigenvalue weighted by molar-refractivity contribution is 0.0155. The van der Waals surface area contributed by atoms with Crippen molar-refractivity contribution in [3.8, 4) is 11.5 Å². The first kappa shape index (κ1) is 14.7. The largest absolute Gasteiger partial charge is 0.507 e. The Bertz CT molecular complexity index is 495. The molecule has 0 heterocycles. The molecule has 5 heteroatoms. The van der Waals surface area contributed by atoms with Gasteiger partial charge in [0.15, 0.2) is 0 Å². The van der Waals surface area contributed by atoms with Crippen molar-refractivity contribution in [2.75, 3.05) is 20.7 Å². The molecule has 0 unspecified atom stereocenters. The molecule has 1 fully saturated rings. The lowest BCUT2D eigenvalue weighted by Crippen LogP contribution is -2.42. The first-order valence-electron chi connectivity index (χ1n) is 6.80. The molecule has 0 bridgehead atoms. The maximum atomic E-state index is 12.3. The number of carbonyl (C=O) groups excluding carboxylic acids is 1. The minimum Gasteiger partial charge on any atom is -0.507 e. The number of phenols is 1. The Hall–Kier alpha value is -1.75. The molecule has 20 heavy (non-hydrogen) atoms. The normalized spacial score (nSPS) is 16.9. The van der Waals surface area contributed by atoms with E-state index in [4.69, 9.17) is 4.74 Å². The number of aliphatic hydroxyl groups is 1. The van der Waals surface area contributed by atoms with Crippen molar-refractivity contribution in [3.05, 3.63) is 23.8 Å². The zero-order valence-corrected chi connectivity index (χ0v) is 11.9. The maximum absolute atomic E-state index is 12.3. The fourth-order valence-corrected chi connectivity index (χ4v) is 2.73. The van der Waals surface area contributed by atoms with Crippen LogP contribution >= 0.6 is 0 Å². The molecule has 5 nitrogen and oxygen atoms in total. The number of carbonyl (C=O) groups is 1. The van der Waals surface area contributed by atoms with Gasteiger partial charge in [-0.05, 0) is 25.0 Å². The molecule has 0 aromatic heterocycles. The van der Waals surface area contributed by atoms with Crippen molar-refractivity contribution < 1.29 is 19.7 Å². The van der Waals surface area contributed by atoms with E-state index < -0.39 is 5.60 Å². The van der Waals surface area contributed by atoms with Gasteiger partial charge in [-0.1, -0.05) is 12.8 Å². The van der Waals surface area contributed by atoms with Gasteiger partial charge in [-0.15, -0.1) is 0 Å². The van der Waals surface area contributed by atoms with Crippen molar-refractivity contribution in [3.63, 3.8) is 0 Å². The summed E-state index contributed by atoms with van der Waals surface area (Å²) in [7, 11) is 3.14. The maximum Gasteiger partial charge on any atom is 0.257 e. The Morgan fingerprint density at radius 1 is 1.40 bits per heavy atom. The topological polar surface area (TPSA) is 70.0 Å². The number of likely N-dealkylation sites (N-methyl/N-ethyl adjacent to an activating group) is 1. The van der Waals surface area contributed by atoms with E-state index in [1.54, 1.807) is 13.1 Å². The molecule has 1 aliphatic carbocycles. The van der Waals surface area contributed by atoms with Crippen molar-refractivity contribution in [2.45, 2.75) is 31.3 Å². The molecule has 2 rings (SSSR count). The molecule has 2 N–H and O–H groups in total. The highest BCUT2D eigenvalue weighted by Gasteiger charge is 2.33. The second-order valence-corrected chi connectivity index (χ2v) is 5.48. The predicted molar refractivity (Wildman–Crippen MR) is 75.0 cm³/mol. The molecular formula is C15H21NO4. The number of rotatable bonds is 4. The van der Waals surface area contributed by atoms with Gasteiger partial charge in [-0.3, -0.25) is 4.79 Å². The quantitative estimate of drug-likeness (QED) is 0.881. The number of phenolic OH excluding ortho intramolecular Hbond substituents is 1. The summed E-state index contributed by atoms with van der Waals surface area (Å²) in [5, 5.41) is 20.2. The van der Waals surface area contributed by atoms with E-state index in [1.807, 2.05) is 0 Å². The predicted octanol–water partition coefficient (Wildman–Crippen LogP) is 1.78. The second-order valence-electron chi connectivity index (χ2n) is 5.48. The molecule has 0 aliphatic heterocycles. The minimum absolute atomic E-state index is 0.111. The van der Waals surface area contributed by atoms with E-state index in [0.717, 1.165) is 25.7 Å². The van der Waals surface area contributed by atoms with Gasteiger partial charge in [0, 0.05) is 19.7 Å². The highest BCUT2D eigenvalue weighted by atomic mass is 16.5. The van der Waals surface area contributed by atoms with Crippen molar-refractivity contribution in [2.24, 2.45) is 0 Å². The van der Waals surface area contributed by atoms with Gasteiger partial charge < -0.3 is 19.8 Å². The summed E-state index contributed by atoms with van der Waals surface area (Å²) in [6.45, 7) is 0.289. The molecule has 1 amide bonds. The van der Waals surface area contributed by atoms with Crippen LogP contribution in [0.15, 0.2) is 18.2 Å². The number of hydrogen-bond donors (Lipinski definition) is 2. The third-order valence-corrected chi connectivity index (χ3v) is 3.85. The van der Waals surface area contributed by atoms with Gasteiger partial charge in [0.25, 0.3) is 5.91 Å². The van der Waals surface area contributed by atoms with Crippen LogP contribution in [0.25, 0.3) is 0 Å². The van der Waals surface area contributed by atoms with Crippen LogP contribution in [0, 0.1) is 0 Å². The Balaban J connectivity index is 2.10. The summed E-state index contributed by atoms with van der Waals surface area (Å²) >= 11 is 0. The Labute approximate surface area is 118 Å². The average molecular weight is 279 g/mol. The number of hydrogen-bond acceptors (Lipinski definition) is 4. The monoisotopic (exact) mass is 279 g/mol. The van der Waals surface area contributed by atoms with Crippen LogP contribution in [0.2, 0.25) is 0 Å². The minimum atomic E-state index is -0.785. The molecule has 1 aromatic rings. The van der Waals surface area contributed by atoms with Crippen LogP contribution in [0.1, 0.15) is 36.0 Å². The zero-order chi connectivity index (χ0) is 14.8. The fraction of sp³-hybridized carbons (Fsp3) is 0.533. The van der Waals surface area contributed by atoms with Gasteiger partial charge >= 0.3 is 0 Å². The summed E-state index contributed by atoms with van der Waals surface area (Å²) in [4.78, 5) is 13.8. The van der Waals surface area contributed by atoms with Crippen LogP contribution in [0.4, 0.5) is 0 Å².